The van der Waals surface area contributed by atoms with E-state index < -0.39 is 6.04 Å². The maximum atomic E-state index is 11.4. The average molecular weight is 177 g/mol. The Morgan fingerprint density at radius 3 is 2.62 bits per heavy atom. The molecule has 0 radical (unpaired) electrons. The summed E-state index contributed by atoms with van der Waals surface area (Å²) in [6.45, 7) is 1.60. The standard InChI is InChI=1S/C10H11NO2/c1-7(11)10(13)9-5-3-2-4-8(9)6-12/h2-7H,11H2,1H3/t7-/m0/s1. The number of carbonyl (C=O) groups excluding carboxylic acids is 2. The molecule has 0 heterocycles. The summed E-state index contributed by atoms with van der Waals surface area (Å²) in [6, 6.07) is 6.06. The predicted molar refractivity (Wildman–Crippen MR) is 49.8 cm³/mol. The highest BCUT2D eigenvalue weighted by atomic mass is 16.1. The van der Waals surface area contributed by atoms with E-state index in [-0.39, 0.29) is 5.78 Å². The van der Waals surface area contributed by atoms with Crippen LogP contribution in [0.25, 0.3) is 0 Å². The second-order valence-corrected chi connectivity index (χ2v) is 2.86. The van der Waals surface area contributed by atoms with Crippen LogP contribution in [0, 0.1) is 0 Å². The van der Waals surface area contributed by atoms with Gasteiger partial charge in [-0.2, -0.15) is 0 Å². The van der Waals surface area contributed by atoms with Crippen LogP contribution in [-0.2, 0) is 0 Å². The number of Topliss-reactive ketones (excluding diaryl/α,β-unsaturated/α-hetero) is 1. The van der Waals surface area contributed by atoms with Crippen molar-refractivity contribution >= 4 is 12.1 Å². The summed E-state index contributed by atoms with van der Waals surface area (Å²) in [5, 5.41) is 0. The molecule has 68 valence electrons. The zero-order valence-corrected chi connectivity index (χ0v) is 7.36. The van der Waals surface area contributed by atoms with Gasteiger partial charge in [0.2, 0.25) is 0 Å². The zero-order valence-electron chi connectivity index (χ0n) is 7.36. The number of benzene rings is 1. The first kappa shape index (κ1) is 9.61. The van der Waals surface area contributed by atoms with E-state index in [4.69, 9.17) is 5.73 Å². The highest BCUT2D eigenvalue weighted by Crippen LogP contribution is 2.08. The minimum atomic E-state index is -0.568. The largest absolute Gasteiger partial charge is 0.321 e. The van der Waals surface area contributed by atoms with E-state index in [1.54, 1.807) is 31.2 Å². The van der Waals surface area contributed by atoms with Crippen LogP contribution in [0.15, 0.2) is 24.3 Å². The Balaban J connectivity index is 3.13. The Kier molecular flexibility index (Phi) is 2.93. The molecular formula is C10H11NO2. The third-order valence-corrected chi connectivity index (χ3v) is 1.77. The van der Waals surface area contributed by atoms with Crippen molar-refractivity contribution in [1.29, 1.82) is 0 Å². The number of rotatable bonds is 3. The summed E-state index contributed by atoms with van der Waals surface area (Å²) in [5.41, 5.74) is 6.22. The SMILES string of the molecule is C[C@H](N)C(=O)c1ccccc1C=O. The Labute approximate surface area is 76.6 Å². The molecule has 0 fully saturated rings. The normalized spacial score (nSPS) is 12.2. The highest BCUT2D eigenvalue weighted by molar-refractivity contribution is 6.05. The first-order chi connectivity index (χ1) is 6.16. The van der Waals surface area contributed by atoms with E-state index >= 15 is 0 Å². The number of hydrogen-bond donors (Lipinski definition) is 1. The van der Waals surface area contributed by atoms with Crippen molar-refractivity contribution in [3.8, 4) is 0 Å². The number of nitrogens with two attached hydrogens (primary N) is 1. The fraction of sp³-hybridized carbons (Fsp3) is 0.200. The lowest BCUT2D eigenvalue weighted by Crippen LogP contribution is -2.27. The number of aldehydes is 1. The summed E-state index contributed by atoms with van der Waals surface area (Å²) in [6.07, 6.45) is 0.662. The van der Waals surface area contributed by atoms with Crippen LogP contribution >= 0.6 is 0 Å². The van der Waals surface area contributed by atoms with Crippen molar-refractivity contribution in [2.75, 3.05) is 0 Å². The maximum absolute atomic E-state index is 11.4. The Morgan fingerprint density at radius 1 is 1.46 bits per heavy atom. The maximum Gasteiger partial charge on any atom is 0.179 e. The van der Waals surface area contributed by atoms with Crippen molar-refractivity contribution in [3.05, 3.63) is 35.4 Å². The van der Waals surface area contributed by atoms with Gasteiger partial charge in [-0.1, -0.05) is 24.3 Å². The van der Waals surface area contributed by atoms with Gasteiger partial charge in [-0.25, -0.2) is 0 Å². The molecule has 0 aliphatic heterocycles. The van der Waals surface area contributed by atoms with E-state index in [0.717, 1.165) is 0 Å². The van der Waals surface area contributed by atoms with Crippen molar-refractivity contribution in [1.82, 2.24) is 0 Å². The van der Waals surface area contributed by atoms with Gasteiger partial charge >= 0.3 is 0 Å². The van der Waals surface area contributed by atoms with Gasteiger partial charge < -0.3 is 5.73 Å². The first-order valence-corrected chi connectivity index (χ1v) is 4.01. The molecule has 3 nitrogen and oxygen atoms in total. The molecule has 0 bridgehead atoms. The van der Waals surface area contributed by atoms with Crippen LogP contribution in [0.4, 0.5) is 0 Å². The number of ketones is 1. The van der Waals surface area contributed by atoms with Crippen LogP contribution in [0.1, 0.15) is 27.6 Å². The second-order valence-electron chi connectivity index (χ2n) is 2.86. The van der Waals surface area contributed by atoms with Crippen LogP contribution in [0.3, 0.4) is 0 Å². The van der Waals surface area contributed by atoms with Crippen LogP contribution in [-0.4, -0.2) is 18.1 Å². The number of hydrogen-bond acceptors (Lipinski definition) is 3. The topological polar surface area (TPSA) is 60.2 Å². The minimum Gasteiger partial charge on any atom is -0.321 e. The van der Waals surface area contributed by atoms with Gasteiger partial charge in [0, 0.05) is 11.1 Å². The molecule has 0 aliphatic carbocycles. The van der Waals surface area contributed by atoms with E-state index in [1.165, 1.54) is 0 Å². The summed E-state index contributed by atoms with van der Waals surface area (Å²) in [5.74, 6) is -0.206. The van der Waals surface area contributed by atoms with Crippen molar-refractivity contribution in [2.45, 2.75) is 13.0 Å². The summed E-state index contributed by atoms with van der Waals surface area (Å²) in [7, 11) is 0. The van der Waals surface area contributed by atoms with Crippen molar-refractivity contribution < 1.29 is 9.59 Å². The summed E-state index contributed by atoms with van der Waals surface area (Å²) >= 11 is 0. The third kappa shape index (κ3) is 2.00. The molecule has 13 heavy (non-hydrogen) atoms. The zero-order chi connectivity index (χ0) is 9.84. The molecule has 1 aromatic carbocycles. The Hall–Kier alpha value is -1.48. The lowest BCUT2D eigenvalue weighted by Gasteiger charge is -2.05. The Bertz CT molecular complexity index is 331. The lowest BCUT2D eigenvalue weighted by molar-refractivity contribution is 0.0962. The molecule has 0 saturated heterocycles. The van der Waals surface area contributed by atoms with Crippen LogP contribution < -0.4 is 5.73 Å². The molecule has 2 N–H and O–H groups in total. The Morgan fingerprint density at radius 2 is 2.08 bits per heavy atom. The molecule has 0 saturated carbocycles. The number of carbonyl (C=O) groups is 2. The van der Waals surface area contributed by atoms with Gasteiger partial charge in [0.15, 0.2) is 12.1 Å². The fourth-order valence-corrected chi connectivity index (χ4v) is 1.07. The van der Waals surface area contributed by atoms with Crippen molar-refractivity contribution in [2.24, 2.45) is 5.73 Å². The van der Waals surface area contributed by atoms with E-state index in [2.05, 4.69) is 0 Å². The van der Waals surface area contributed by atoms with Crippen molar-refractivity contribution in [3.63, 3.8) is 0 Å². The first-order valence-electron chi connectivity index (χ1n) is 4.01. The fourth-order valence-electron chi connectivity index (χ4n) is 1.07. The smallest absolute Gasteiger partial charge is 0.179 e. The monoisotopic (exact) mass is 177 g/mol. The third-order valence-electron chi connectivity index (χ3n) is 1.77. The van der Waals surface area contributed by atoms with Crippen LogP contribution in [0.5, 0.6) is 0 Å². The molecule has 1 rings (SSSR count). The molecule has 1 aromatic rings. The van der Waals surface area contributed by atoms with Crippen LogP contribution in [0.2, 0.25) is 0 Å². The second kappa shape index (κ2) is 3.96. The molecule has 0 amide bonds. The van der Waals surface area contributed by atoms with Gasteiger partial charge in [0.05, 0.1) is 6.04 Å². The molecule has 1 atom stereocenters. The van der Waals surface area contributed by atoms with E-state index in [9.17, 15) is 9.59 Å². The average Bonchev–Trinajstić information content (AvgIpc) is 2.16. The molecule has 0 unspecified atom stereocenters. The van der Waals surface area contributed by atoms with Gasteiger partial charge in [-0.3, -0.25) is 9.59 Å². The predicted octanol–water partition coefficient (Wildman–Crippen LogP) is 1.03. The molecule has 0 aromatic heterocycles. The molecular weight excluding hydrogens is 166 g/mol. The van der Waals surface area contributed by atoms with Gasteiger partial charge in [-0.05, 0) is 6.92 Å². The molecule has 0 aliphatic rings. The van der Waals surface area contributed by atoms with E-state index in [0.29, 0.717) is 17.4 Å². The minimum absolute atomic E-state index is 0.206. The van der Waals surface area contributed by atoms with Gasteiger partial charge in [-0.15, -0.1) is 0 Å². The summed E-state index contributed by atoms with van der Waals surface area (Å²) in [4.78, 5) is 22.0. The lowest BCUT2D eigenvalue weighted by atomic mass is 10.0. The quantitative estimate of drug-likeness (QED) is 0.554. The van der Waals surface area contributed by atoms with E-state index in [1.807, 2.05) is 0 Å². The van der Waals surface area contributed by atoms with Gasteiger partial charge in [0.1, 0.15) is 0 Å². The van der Waals surface area contributed by atoms with Gasteiger partial charge in [0.25, 0.3) is 0 Å². The molecule has 0 spiro atoms. The highest BCUT2D eigenvalue weighted by Gasteiger charge is 2.13. The summed E-state index contributed by atoms with van der Waals surface area (Å²) < 4.78 is 0. The molecule has 3 heteroatoms.